The molecule has 2 aromatic heterocycles. The fourth-order valence-corrected chi connectivity index (χ4v) is 3.18. The first kappa shape index (κ1) is 22.9. The molecule has 0 unspecified atom stereocenters. The Morgan fingerprint density at radius 3 is 1.88 bits per heavy atom. The van der Waals surface area contributed by atoms with E-state index in [-0.39, 0.29) is 13.3 Å². The van der Waals surface area contributed by atoms with Crippen LogP contribution in [0.15, 0.2) is 21.3 Å². The van der Waals surface area contributed by atoms with Gasteiger partial charge in [0.25, 0.3) is 0 Å². The van der Waals surface area contributed by atoms with E-state index in [0.29, 0.717) is 6.07 Å². The summed E-state index contributed by atoms with van der Waals surface area (Å²) >= 11 is 5.49. The second-order valence-corrected chi connectivity index (χ2v) is 8.18. The molecule has 0 aliphatic rings. The van der Waals surface area contributed by atoms with Crippen molar-refractivity contribution in [1.82, 2.24) is 23.7 Å². The van der Waals surface area contributed by atoms with Gasteiger partial charge in [0.15, 0.2) is 5.69 Å². The molecular weight excluding hydrogens is 528 g/mol. The molecule has 0 spiro atoms. The van der Waals surface area contributed by atoms with Gasteiger partial charge >= 0.3 is 22.6 Å². The number of aromatic amines is 1. The lowest BCUT2D eigenvalue weighted by Crippen LogP contribution is -2.30. The van der Waals surface area contributed by atoms with E-state index in [1.807, 2.05) is 5.10 Å². The normalized spacial score (nSPS) is 12.9. The average molecular weight is 537 g/mol. The molecule has 1 N–H and O–H groups in total. The number of rotatable bonds is 2. The molecule has 16 heteroatoms. The summed E-state index contributed by atoms with van der Waals surface area (Å²) in [5, 5.41) is 8.07. The standard InChI is InChI=1S/C6H7BrF3N3O2S.C4H2BrF3N2/c1-12(2)16(14,15)13-5(7)3-4(11-13)6(8,9)10;5-3-1-2(9-10-3)4(6,7)8/h3H,1-2H3;1H,(H,9,10). The number of aromatic nitrogens is 4. The first-order valence-electron chi connectivity index (χ1n) is 6.10. The van der Waals surface area contributed by atoms with Crippen molar-refractivity contribution in [2.45, 2.75) is 12.4 Å². The topological polar surface area (TPSA) is 83.9 Å². The Bertz CT molecular complexity index is 858. The molecular formula is C10H9Br2F6N5O2S. The van der Waals surface area contributed by atoms with Gasteiger partial charge in [-0.25, -0.2) is 0 Å². The Morgan fingerprint density at radius 1 is 1.08 bits per heavy atom. The van der Waals surface area contributed by atoms with Crippen LogP contribution in [0.2, 0.25) is 0 Å². The van der Waals surface area contributed by atoms with Gasteiger partial charge in [0.1, 0.15) is 14.9 Å². The Labute approximate surface area is 159 Å². The van der Waals surface area contributed by atoms with Gasteiger partial charge in [0.05, 0.1) is 0 Å². The molecule has 26 heavy (non-hydrogen) atoms. The highest BCUT2D eigenvalue weighted by Crippen LogP contribution is 2.30. The van der Waals surface area contributed by atoms with E-state index >= 15 is 0 Å². The van der Waals surface area contributed by atoms with Gasteiger partial charge in [-0.15, -0.1) is 4.09 Å². The van der Waals surface area contributed by atoms with Gasteiger partial charge in [0, 0.05) is 26.2 Å². The summed E-state index contributed by atoms with van der Waals surface area (Å²) in [5.74, 6) is 0. The van der Waals surface area contributed by atoms with E-state index < -0.39 is 33.9 Å². The van der Waals surface area contributed by atoms with Gasteiger partial charge in [0.2, 0.25) is 0 Å². The van der Waals surface area contributed by atoms with Crippen LogP contribution >= 0.6 is 31.9 Å². The zero-order valence-electron chi connectivity index (χ0n) is 12.7. The number of alkyl halides is 6. The predicted molar refractivity (Wildman–Crippen MR) is 84.2 cm³/mol. The highest BCUT2D eigenvalue weighted by Gasteiger charge is 2.36. The number of halogens is 8. The van der Waals surface area contributed by atoms with Crippen molar-refractivity contribution in [2.75, 3.05) is 14.1 Å². The van der Waals surface area contributed by atoms with Gasteiger partial charge in [-0.05, 0) is 31.9 Å². The van der Waals surface area contributed by atoms with Crippen molar-refractivity contribution >= 4 is 42.1 Å². The van der Waals surface area contributed by atoms with Crippen LogP contribution in [0.5, 0.6) is 0 Å². The number of nitrogens with zero attached hydrogens (tertiary/aromatic N) is 4. The molecule has 0 saturated carbocycles. The maximum Gasteiger partial charge on any atom is 0.435 e. The molecule has 7 nitrogen and oxygen atoms in total. The Kier molecular flexibility index (Phi) is 6.92. The molecule has 0 aromatic carbocycles. The maximum atomic E-state index is 12.3. The van der Waals surface area contributed by atoms with Crippen LogP contribution in [0.4, 0.5) is 26.3 Å². The predicted octanol–water partition coefficient (Wildman–Crippen LogP) is 3.51. The highest BCUT2D eigenvalue weighted by atomic mass is 79.9. The lowest BCUT2D eigenvalue weighted by atomic mass is 10.4. The molecule has 148 valence electrons. The van der Waals surface area contributed by atoms with Crippen molar-refractivity contribution in [3.8, 4) is 0 Å². The molecule has 2 aromatic rings. The van der Waals surface area contributed by atoms with Crippen LogP contribution in [-0.4, -0.2) is 46.2 Å². The summed E-state index contributed by atoms with van der Waals surface area (Å²) in [6.07, 6.45) is -9.02. The molecule has 0 bridgehead atoms. The lowest BCUT2D eigenvalue weighted by molar-refractivity contribution is -0.142. The number of hydrogen-bond donors (Lipinski definition) is 1. The largest absolute Gasteiger partial charge is 0.435 e. The molecule has 0 radical (unpaired) electrons. The minimum absolute atomic E-state index is 0.153. The van der Waals surface area contributed by atoms with Crippen LogP contribution in [0.1, 0.15) is 11.4 Å². The summed E-state index contributed by atoms with van der Waals surface area (Å²) in [5.41, 5.74) is -2.12. The van der Waals surface area contributed by atoms with Crippen molar-refractivity contribution in [3.63, 3.8) is 0 Å². The van der Waals surface area contributed by atoms with Crippen LogP contribution in [-0.2, 0) is 22.6 Å². The zero-order valence-corrected chi connectivity index (χ0v) is 16.7. The van der Waals surface area contributed by atoms with E-state index in [2.05, 4.69) is 42.1 Å². The molecule has 0 saturated heterocycles. The Morgan fingerprint density at radius 2 is 1.62 bits per heavy atom. The first-order chi connectivity index (χ1) is 11.6. The van der Waals surface area contributed by atoms with E-state index in [1.54, 1.807) is 0 Å². The number of H-pyrrole nitrogens is 1. The second-order valence-electron chi connectivity index (χ2n) is 4.59. The lowest BCUT2D eigenvalue weighted by Gasteiger charge is -2.11. The Hall–Kier alpha value is -1.13. The van der Waals surface area contributed by atoms with E-state index in [1.165, 1.54) is 14.1 Å². The van der Waals surface area contributed by atoms with Crippen molar-refractivity contribution < 1.29 is 34.8 Å². The fourth-order valence-electron chi connectivity index (χ4n) is 1.24. The monoisotopic (exact) mass is 535 g/mol. The van der Waals surface area contributed by atoms with Crippen molar-refractivity contribution in [2.24, 2.45) is 0 Å². The zero-order chi connectivity index (χ0) is 20.5. The van der Waals surface area contributed by atoms with Gasteiger partial charge in [-0.3, -0.25) is 5.10 Å². The fraction of sp³-hybridized carbons (Fsp3) is 0.400. The Balaban J connectivity index is 0.000000289. The van der Waals surface area contributed by atoms with Crippen LogP contribution in [0.25, 0.3) is 0 Å². The minimum atomic E-state index is -4.68. The molecule has 0 fully saturated rings. The van der Waals surface area contributed by atoms with Crippen LogP contribution in [0, 0.1) is 0 Å². The van der Waals surface area contributed by atoms with Gasteiger partial charge < -0.3 is 0 Å². The smallest absolute Gasteiger partial charge is 0.272 e. The minimum Gasteiger partial charge on any atom is -0.272 e. The second kappa shape index (κ2) is 7.85. The molecule has 2 heterocycles. The van der Waals surface area contributed by atoms with Crippen molar-refractivity contribution in [3.05, 3.63) is 32.7 Å². The molecule has 0 aliphatic carbocycles. The molecule has 0 amide bonds. The summed E-state index contributed by atoms with van der Waals surface area (Å²) < 4.78 is 95.9. The third-order valence-electron chi connectivity index (χ3n) is 2.46. The molecule has 0 atom stereocenters. The SMILES string of the molecule is CN(C)S(=O)(=O)n1nc(C(F)(F)F)cc1Br.FC(F)(F)c1cc(Br)n[nH]1. The first-order valence-corrected chi connectivity index (χ1v) is 9.09. The number of hydrogen-bond acceptors (Lipinski definition) is 4. The van der Waals surface area contributed by atoms with Crippen LogP contribution < -0.4 is 0 Å². The summed E-state index contributed by atoms with van der Waals surface area (Å²) in [6, 6.07) is 1.47. The number of nitrogens with one attached hydrogen (secondary N) is 1. The van der Waals surface area contributed by atoms with Crippen molar-refractivity contribution in [1.29, 1.82) is 0 Å². The third-order valence-corrected chi connectivity index (χ3v) is 5.30. The average Bonchev–Trinajstić information content (AvgIpc) is 3.04. The van der Waals surface area contributed by atoms with Gasteiger partial charge in [-0.1, -0.05) is 0 Å². The third kappa shape index (κ3) is 5.68. The molecule has 2 rings (SSSR count). The summed E-state index contributed by atoms with van der Waals surface area (Å²) in [6.45, 7) is 0. The van der Waals surface area contributed by atoms with E-state index in [4.69, 9.17) is 0 Å². The maximum absolute atomic E-state index is 12.3. The summed E-state index contributed by atoms with van der Waals surface area (Å²) in [7, 11) is -1.67. The van der Waals surface area contributed by atoms with E-state index in [9.17, 15) is 34.8 Å². The van der Waals surface area contributed by atoms with E-state index in [0.717, 1.165) is 10.4 Å². The van der Waals surface area contributed by atoms with Gasteiger partial charge in [-0.2, -0.15) is 49.3 Å². The quantitative estimate of drug-likeness (QED) is 0.595. The summed E-state index contributed by atoms with van der Waals surface area (Å²) in [4.78, 5) is 0. The van der Waals surface area contributed by atoms with Crippen LogP contribution in [0.3, 0.4) is 0 Å². The highest BCUT2D eigenvalue weighted by molar-refractivity contribution is 9.10. The molecule has 0 aliphatic heterocycles.